The molecule has 2 aliphatic heterocycles. The third kappa shape index (κ3) is 3.94. The second-order valence-electron chi connectivity index (χ2n) is 7.95. The Balaban J connectivity index is 1.50. The van der Waals surface area contributed by atoms with E-state index in [4.69, 9.17) is 9.47 Å². The maximum Gasteiger partial charge on any atom is 0.264 e. The summed E-state index contributed by atoms with van der Waals surface area (Å²) in [4.78, 5) is 26.4. The molecule has 11 heteroatoms. The molecule has 2 heterocycles. The van der Waals surface area contributed by atoms with Crippen molar-refractivity contribution >= 4 is 43.5 Å². The van der Waals surface area contributed by atoms with Gasteiger partial charge in [-0.05, 0) is 48.5 Å². The predicted molar refractivity (Wildman–Crippen MR) is 128 cm³/mol. The maximum absolute atomic E-state index is 14.3. The van der Waals surface area contributed by atoms with Gasteiger partial charge in [-0.1, -0.05) is 28.1 Å². The van der Waals surface area contributed by atoms with Gasteiger partial charge >= 0.3 is 0 Å². The Bertz CT molecular complexity index is 1440. The summed E-state index contributed by atoms with van der Waals surface area (Å²) in [6.07, 6.45) is -0.858. The van der Waals surface area contributed by atoms with E-state index < -0.39 is 33.8 Å². The molecule has 8 nitrogen and oxygen atoms in total. The topological polar surface area (TPSA) is 93.2 Å². The van der Waals surface area contributed by atoms with Crippen LogP contribution in [0.25, 0.3) is 0 Å². The number of imide groups is 1. The van der Waals surface area contributed by atoms with Gasteiger partial charge in [0.05, 0.1) is 41.9 Å². The van der Waals surface area contributed by atoms with Crippen LogP contribution in [0, 0.1) is 5.82 Å². The number of amides is 2. The lowest BCUT2D eigenvalue weighted by molar-refractivity contribution is 0.0573. The summed E-state index contributed by atoms with van der Waals surface area (Å²) in [6, 6.07) is 14.7. The monoisotopic (exact) mass is 560 g/mol. The molecule has 5 rings (SSSR count). The fourth-order valence-corrected chi connectivity index (χ4v) is 6.01. The van der Waals surface area contributed by atoms with Crippen molar-refractivity contribution in [1.82, 2.24) is 4.90 Å². The number of fused-ring (bicyclic) bond motifs is 2. The second kappa shape index (κ2) is 8.65. The molecule has 3 aromatic rings. The summed E-state index contributed by atoms with van der Waals surface area (Å²) in [5, 5.41) is 0. The van der Waals surface area contributed by atoms with Crippen molar-refractivity contribution in [1.29, 1.82) is 0 Å². The van der Waals surface area contributed by atoms with Crippen LogP contribution >= 0.6 is 15.9 Å². The van der Waals surface area contributed by atoms with E-state index in [9.17, 15) is 22.4 Å². The molecule has 3 aromatic carbocycles. The summed E-state index contributed by atoms with van der Waals surface area (Å²) in [5.41, 5.74) is 0.820. The zero-order chi connectivity index (χ0) is 24.9. The number of benzene rings is 3. The highest BCUT2D eigenvalue weighted by atomic mass is 79.9. The standard InChI is InChI=1S/C24H18BrFN2O6S/c1-33-21-9-7-16(11-19(21)26)35(31,32)28-13-15(34-22-8-6-14(25)10-20(22)28)12-27-23(29)17-4-2-3-5-18(17)24(27)30/h2-11,15H,12-13H2,1H3/t15-/m0/s1. The van der Waals surface area contributed by atoms with E-state index in [0.717, 1.165) is 15.3 Å². The molecule has 0 saturated carbocycles. The molecule has 0 N–H and O–H groups in total. The number of methoxy groups -OCH3 is 1. The quantitative estimate of drug-likeness (QED) is 0.440. The van der Waals surface area contributed by atoms with Gasteiger partial charge in [0.2, 0.25) is 0 Å². The van der Waals surface area contributed by atoms with Gasteiger partial charge in [-0.15, -0.1) is 0 Å². The van der Waals surface area contributed by atoms with Crippen LogP contribution < -0.4 is 13.8 Å². The molecule has 0 bridgehead atoms. The number of sulfonamides is 1. The number of nitrogens with zero attached hydrogens (tertiary/aromatic N) is 2. The molecule has 1 atom stereocenters. The van der Waals surface area contributed by atoms with E-state index in [1.165, 1.54) is 19.2 Å². The van der Waals surface area contributed by atoms with E-state index in [1.54, 1.807) is 42.5 Å². The third-order valence-electron chi connectivity index (χ3n) is 5.83. The largest absolute Gasteiger partial charge is 0.494 e. The van der Waals surface area contributed by atoms with E-state index in [-0.39, 0.29) is 46.3 Å². The minimum Gasteiger partial charge on any atom is -0.494 e. The van der Waals surface area contributed by atoms with E-state index in [1.807, 2.05) is 0 Å². The molecule has 0 aliphatic carbocycles. The van der Waals surface area contributed by atoms with Gasteiger partial charge in [-0.3, -0.25) is 18.8 Å². The van der Waals surface area contributed by atoms with Crippen LogP contribution in [0.1, 0.15) is 20.7 Å². The van der Waals surface area contributed by atoms with Crippen LogP contribution in [0.4, 0.5) is 10.1 Å². The van der Waals surface area contributed by atoms with Crippen molar-refractivity contribution in [2.45, 2.75) is 11.0 Å². The van der Waals surface area contributed by atoms with Crippen molar-refractivity contribution in [3.05, 3.63) is 82.1 Å². The maximum atomic E-state index is 14.3. The predicted octanol–water partition coefficient (Wildman–Crippen LogP) is 3.85. The molecule has 35 heavy (non-hydrogen) atoms. The number of anilines is 1. The molecule has 2 aliphatic rings. The lowest BCUT2D eigenvalue weighted by Crippen LogP contribution is -2.49. The summed E-state index contributed by atoms with van der Waals surface area (Å²) < 4.78 is 54.2. The van der Waals surface area contributed by atoms with Crippen molar-refractivity contribution in [2.75, 3.05) is 24.5 Å². The van der Waals surface area contributed by atoms with E-state index >= 15 is 0 Å². The van der Waals surface area contributed by atoms with Crippen molar-refractivity contribution in [3.8, 4) is 11.5 Å². The van der Waals surface area contributed by atoms with E-state index in [2.05, 4.69) is 15.9 Å². The Hall–Kier alpha value is -3.44. The molecule has 0 saturated heterocycles. The smallest absolute Gasteiger partial charge is 0.264 e. The zero-order valence-corrected chi connectivity index (χ0v) is 20.7. The Morgan fingerprint density at radius 1 is 1.06 bits per heavy atom. The van der Waals surface area contributed by atoms with Gasteiger partial charge < -0.3 is 9.47 Å². The molecule has 0 unspecified atom stereocenters. The molecule has 0 radical (unpaired) electrons. The number of rotatable bonds is 5. The fraction of sp³-hybridized carbons (Fsp3) is 0.167. The van der Waals surface area contributed by atoms with Crippen LogP contribution in [-0.4, -0.2) is 51.4 Å². The Morgan fingerprint density at radius 2 is 1.74 bits per heavy atom. The van der Waals surface area contributed by atoms with Crippen molar-refractivity contribution in [3.63, 3.8) is 0 Å². The Kier molecular flexibility index (Phi) is 5.76. The first-order chi connectivity index (χ1) is 16.7. The number of hydrogen-bond acceptors (Lipinski definition) is 6. The van der Waals surface area contributed by atoms with Gasteiger partial charge in [-0.2, -0.15) is 0 Å². The zero-order valence-electron chi connectivity index (χ0n) is 18.3. The van der Waals surface area contributed by atoms with Gasteiger partial charge in [0.15, 0.2) is 11.6 Å². The number of carbonyl (C=O) groups is 2. The average molecular weight is 561 g/mol. The summed E-state index contributed by atoms with van der Waals surface area (Å²) in [6.45, 7) is -0.363. The summed E-state index contributed by atoms with van der Waals surface area (Å²) in [7, 11) is -2.95. The summed E-state index contributed by atoms with van der Waals surface area (Å²) in [5.74, 6) is -1.60. The van der Waals surface area contributed by atoms with Crippen molar-refractivity contribution in [2.24, 2.45) is 0 Å². The molecule has 0 aromatic heterocycles. The van der Waals surface area contributed by atoms with Crippen molar-refractivity contribution < 1.29 is 31.9 Å². The molecule has 180 valence electrons. The normalized spacial score (nSPS) is 17.2. The molecular weight excluding hydrogens is 543 g/mol. The second-order valence-corrected chi connectivity index (χ2v) is 10.7. The first-order valence-corrected chi connectivity index (χ1v) is 12.7. The molecule has 2 amide bonds. The van der Waals surface area contributed by atoms with Gasteiger partial charge in [-0.25, -0.2) is 12.8 Å². The lowest BCUT2D eigenvalue weighted by atomic mass is 10.1. The average Bonchev–Trinajstić information content (AvgIpc) is 3.08. The van der Waals surface area contributed by atoms with Gasteiger partial charge in [0.1, 0.15) is 11.9 Å². The van der Waals surface area contributed by atoms with Crippen LogP contribution in [0.3, 0.4) is 0 Å². The first kappa shape index (κ1) is 23.3. The fourth-order valence-electron chi connectivity index (χ4n) is 4.15. The summed E-state index contributed by atoms with van der Waals surface area (Å²) >= 11 is 3.34. The van der Waals surface area contributed by atoms with Crippen LogP contribution in [0.2, 0.25) is 0 Å². The molecule has 0 spiro atoms. The number of ether oxygens (including phenoxy) is 2. The number of halogens is 2. The molecule has 0 fully saturated rings. The third-order valence-corrected chi connectivity index (χ3v) is 8.10. The minimum absolute atomic E-state index is 0.0856. The van der Waals surface area contributed by atoms with Crippen LogP contribution in [0.15, 0.2) is 70.0 Å². The Morgan fingerprint density at radius 3 is 2.37 bits per heavy atom. The van der Waals surface area contributed by atoms with Crippen LogP contribution in [0.5, 0.6) is 11.5 Å². The van der Waals surface area contributed by atoms with Crippen LogP contribution in [-0.2, 0) is 10.0 Å². The highest BCUT2D eigenvalue weighted by Crippen LogP contribution is 2.39. The first-order valence-electron chi connectivity index (χ1n) is 10.5. The Labute approximate surface area is 209 Å². The number of carbonyl (C=O) groups excluding carboxylic acids is 2. The van der Waals surface area contributed by atoms with E-state index in [0.29, 0.717) is 4.47 Å². The SMILES string of the molecule is COc1ccc(S(=O)(=O)N2C[C@H](CN3C(=O)c4ccccc4C3=O)Oc3ccc(Br)cc32)cc1F. The molecular formula is C24H18BrFN2O6S. The van der Waals surface area contributed by atoms with Gasteiger partial charge in [0.25, 0.3) is 21.8 Å². The minimum atomic E-state index is -4.24. The lowest BCUT2D eigenvalue weighted by Gasteiger charge is -2.36. The number of hydrogen-bond donors (Lipinski definition) is 0. The highest BCUT2D eigenvalue weighted by molar-refractivity contribution is 9.10. The van der Waals surface area contributed by atoms with Gasteiger partial charge in [0, 0.05) is 4.47 Å². The highest BCUT2D eigenvalue weighted by Gasteiger charge is 2.41.